The Balaban J connectivity index is 1.40. The summed E-state index contributed by atoms with van der Waals surface area (Å²) in [7, 11) is 0. The molecule has 0 aromatic heterocycles. The number of para-hydroxylation sites is 1. The Morgan fingerprint density at radius 1 is 1.00 bits per heavy atom. The largest absolute Gasteiger partial charge is 0.368 e. The zero-order chi connectivity index (χ0) is 20.6. The Morgan fingerprint density at radius 2 is 1.66 bits per heavy atom. The van der Waals surface area contributed by atoms with Crippen LogP contribution in [0, 0.1) is 5.82 Å². The van der Waals surface area contributed by atoms with Crippen molar-refractivity contribution in [2.75, 3.05) is 37.6 Å². The quantitative estimate of drug-likeness (QED) is 0.765. The van der Waals surface area contributed by atoms with Gasteiger partial charge in [-0.15, -0.1) is 0 Å². The summed E-state index contributed by atoms with van der Waals surface area (Å²) in [6, 6.07) is 16.2. The number of piperazine rings is 1. The highest BCUT2D eigenvalue weighted by molar-refractivity contribution is 5.95. The van der Waals surface area contributed by atoms with Crippen LogP contribution >= 0.6 is 0 Å². The van der Waals surface area contributed by atoms with Crippen LogP contribution in [0.1, 0.15) is 18.9 Å². The molecule has 5 nitrogen and oxygen atoms in total. The summed E-state index contributed by atoms with van der Waals surface area (Å²) in [5, 5.41) is 2.75. The van der Waals surface area contributed by atoms with E-state index in [1.807, 2.05) is 23.1 Å². The number of amides is 2. The van der Waals surface area contributed by atoms with Gasteiger partial charge in [-0.05, 0) is 42.3 Å². The summed E-state index contributed by atoms with van der Waals surface area (Å²) in [5.41, 5.74) is 2.70. The minimum absolute atomic E-state index is 0.0530. The fraction of sp³-hybridized carbons (Fsp3) is 0.304. The average Bonchev–Trinajstić information content (AvgIpc) is 2.75. The second-order valence-electron chi connectivity index (χ2n) is 7.08. The van der Waals surface area contributed by atoms with Crippen molar-refractivity contribution in [1.82, 2.24) is 10.2 Å². The second kappa shape index (κ2) is 9.87. The summed E-state index contributed by atoms with van der Waals surface area (Å²) in [5.74, 6) is -0.514. The fourth-order valence-electron chi connectivity index (χ4n) is 3.35. The number of carbonyl (C=O) groups excluding carboxylic acids is 2. The van der Waals surface area contributed by atoms with Crippen molar-refractivity contribution in [2.45, 2.75) is 13.3 Å². The molecule has 0 radical (unpaired) electrons. The normalized spacial score (nSPS) is 14.6. The molecular formula is C23H26FN3O2. The molecule has 0 unspecified atom stereocenters. The monoisotopic (exact) mass is 395 g/mol. The van der Waals surface area contributed by atoms with Gasteiger partial charge in [0.1, 0.15) is 5.82 Å². The van der Waals surface area contributed by atoms with Crippen LogP contribution in [0.25, 0.3) is 5.57 Å². The van der Waals surface area contributed by atoms with Crippen LogP contribution in [0.5, 0.6) is 0 Å². The highest BCUT2D eigenvalue weighted by Gasteiger charge is 2.20. The molecule has 2 amide bonds. The van der Waals surface area contributed by atoms with Crippen LogP contribution in [-0.2, 0) is 9.59 Å². The predicted molar refractivity (Wildman–Crippen MR) is 113 cm³/mol. The van der Waals surface area contributed by atoms with E-state index in [-0.39, 0.29) is 24.1 Å². The summed E-state index contributed by atoms with van der Waals surface area (Å²) in [4.78, 5) is 28.6. The predicted octanol–water partition coefficient (Wildman–Crippen LogP) is 3.08. The number of rotatable bonds is 6. The van der Waals surface area contributed by atoms with Crippen molar-refractivity contribution < 1.29 is 14.0 Å². The van der Waals surface area contributed by atoms with E-state index in [4.69, 9.17) is 0 Å². The second-order valence-corrected chi connectivity index (χ2v) is 7.08. The van der Waals surface area contributed by atoms with Crippen molar-refractivity contribution >= 4 is 23.1 Å². The first-order chi connectivity index (χ1) is 14.0. The number of anilines is 1. The zero-order valence-electron chi connectivity index (χ0n) is 16.6. The molecule has 29 heavy (non-hydrogen) atoms. The molecule has 1 heterocycles. The molecule has 0 aliphatic carbocycles. The van der Waals surface area contributed by atoms with Crippen LogP contribution in [0.15, 0.2) is 60.7 Å². The number of allylic oxidation sites excluding steroid dienone is 1. The van der Waals surface area contributed by atoms with Gasteiger partial charge in [0.05, 0.1) is 0 Å². The number of hydrogen-bond acceptors (Lipinski definition) is 3. The number of benzene rings is 2. The summed E-state index contributed by atoms with van der Waals surface area (Å²) < 4.78 is 13.0. The van der Waals surface area contributed by atoms with Crippen LogP contribution < -0.4 is 10.2 Å². The first-order valence-electron chi connectivity index (χ1n) is 9.83. The van der Waals surface area contributed by atoms with E-state index in [0.717, 1.165) is 24.2 Å². The molecule has 0 saturated carbocycles. The molecule has 2 aromatic carbocycles. The van der Waals surface area contributed by atoms with Gasteiger partial charge in [0, 0.05) is 50.9 Å². The number of nitrogens with zero attached hydrogens (tertiary/aromatic N) is 2. The van der Waals surface area contributed by atoms with Gasteiger partial charge in [-0.25, -0.2) is 4.39 Å². The van der Waals surface area contributed by atoms with Crippen LogP contribution in [0.4, 0.5) is 10.1 Å². The van der Waals surface area contributed by atoms with Crippen molar-refractivity contribution in [3.05, 3.63) is 72.1 Å². The third kappa shape index (κ3) is 5.91. The standard InChI is InChI=1S/C23H26FN3O2/c1-18(19-7-9-20(24)10-8-19)17-22(28)25-12-11-23(29)27-15-13-26(14-16-27)21-5-3-2-4-6-21/h2-10,17H,11-16H2,1H3,(H,25,28)/b18-17+. The number of carbonyl (C=O) groups is 2. The molecule has 152 valence electrons. The van der Waals surface area contributed by atoms with Gasteiger partial charge in [0.2, 0.25) is 11.8 Å². The third-order valence-electron chi connectivity index (χ3n) is 5.04. The third-order valence-corrected chi connectivity index (χ3v) is 5.04. The van der Waals surface area contributed by atoms with Crippen LogP contribution in [0.3, 0.4) is 0 Å². The van der Waals surface area contributed by atoms with Gasteiger partial charge in [-0.1, -0.05) is 30.3 Å². The van der Waals surface area contributed by atoms with Crippen molar-refractivity contribution in [2.24, 2.45) is 0 Å². The van der Waals surface area contributed by atoms with Gasteiger partial charge < -0.3 is 15.1 Å². The van der Waals surface area contributed by atoms with Crippen molar-refractivity contribution in [1.29, 1.82) is 0 Å². The Hall–Kier alpha value is -3.15. The Kier molecular flexibility index (Phi) is 7.00. The summed E-state index contributed by atoms with van der Waals surface area (Å²) >= 11 is 0. The summed E-state index contributed by atoms with van der Waals surface area (Å²) in [6.45, 7) is 5.08. The maximum Gasteiger partial charge on any atom is 0.244 e. The fourth-order valence-corrected chi connectivity index (χ4v) is 3.35. The molecular weight excluding hydrogens is 369 g/mol. The van der Waals surface area contributed by atoms with E-state index < -0.39 is 0 Å². The van der Waals surface area contributed by atoms with Gasteiger partial charge in [0.15, 0.2) is 0 Å². The minimum atomic E-state index is -0.311. The van der Waals surface area contributed by atoms with E-state index in [1.165, 1.54) is 23.9 Å². The Bertz CT molecular complexity index is 857. The van der Waals surface area contributed by atoms with Crippen molar-refractivity contribution in [3.63, 3.8) is 0 Å². The molecule has 1 N–H and O–H groups in total. The number of hydrogen-bond donors (Lipinski definition) is 1. The Morgan fingerprint density at radius 3 is 2.31 bits per heavy atom. The SMILES string of the molecule is C/C(=C\C(=O)NCCC(=O)N1CCN(c2ccccc2)CC1)c1ccc(F)cc1. The summed E-state index contributed by atoms with van der Waals surface area (Å²) in [6.07, 6.45) is 1.75. The van der Waals surface area contributed by atoms with Gasteiger partial charge >= 0.3 is 0 Å². The minimum Gasteiger partial charge on any atom is -0.368 e. The van der Waals surface area contributed by atoms with Gasteiger partial charge in [0.25, 0.3) is 0 Å². The van der Waals surface area contributed by atoms with E-state index >= 15 is 0 Å². The molecule has 2 aromatic rings. The molecule has 0 spiro atoms. The zero-order valence-corrected chi connectivity index (χ0v) is 16.6. The van der Waals surface area contributed by atoms with E-state index in [1.54, 1.807) is 19.1 Å². The van der Waals surface area contributed by atoms with E-state index in [0.29, 0.717) is 19.6 Å². The first-order valence-corrected chi connectivity index (χ1v) is 9.83. The molecule has 1 saturated heterocycles. The highest BCUT2D eigenvalue weighted by atomic mass is 19.1. The molecule has 6 heteroatoms. The first kappa shape index (κ1) is 20.6. The smallest absolute Gasteiger partial charge is 0.244 e. The lowest BCUT2D eigenvalue weighted by Gasteiger charge is -2.36. The molecule has 0 bridgehead atoms. The Labute approximate surface area is 170 Å². The molecule has 1 aliphatic rings. The lowest BCUT2D eigenvalue weighted by Crippen LogP contribution is -2.49. The van der Waals surface area contributed by atoms with Crippen LogP contribution in [-0.4, -0.2) is 49.4 Å². The van der Waals surface area contributed by atoms with Crippen LogP contribution in [0.2, 0.25) is 0 Å². The number of nitrogens with one attached hydrogen (secondary N) is 1. The average molecular weight is 395 g/mol. The lowest BCUT2D eigenvalue weighted by atomic mass is 10.1. The topological polar surface area (TPSA) is 52.7 Å². The van der Waals surface area contributed by atoms with Gasteiger partial charge in [-0.3, -0.25) is 9.59 Å². The van der Waals surface area contributed by atoms with Crippen molar-refractivity contribution in [3.8, 4) is 0 Å². The molecule has 1 aliphatic heterocycles. The van der Waals surface area contributed by atoms with Gasteiger partial charge in [-0.2, -0.15) is 0 Å². The molecule has 3 rings (SSSR count). The maximum atomic E-state index is 13.0. The number of halogens is 1. The van der Waals surface area contributed by atoms with E-state index in [9.17, 15) is 14.0 Å². The molecule has 1 fully saturated rings. The maximum absolute atomic E-state index is 13.0. The lowest BCUT2D eigenvalue weighted by molar-refractivity contribution is -0.131. The highest BCUT2D eigenvalue weighted by Crippen LogP contribution is 2.16. The van der Waals surface area contributed by atoms with E-state index in [2.05, 4.69) is 22.3 Å². The molecule has 0 atom stereocenters.